The van der Waals surface area contributed by atoms with Crippen LogP contribution < -0.4 is 4.74 Å². The molecule has 0 aliphatic rings. The largest absolute Gasteiger partial charge is 0.497 e. The summed E-state index contributed by atoms with van der Waals surface area (Å²) in [5, 5.41) is 11.3. The first-order valence-electron chi connectivity index (χ1n) is 18.2. The highest BCUT2D eigenvalue weighted by Gasteiger charge is 2.45. The summed E-state index contributed by atoms with van der Waals surface area (Å²) in [5.74, 6) is 0.831. The normalized spacial score (nSPS) is 17.0. The lowest BCUT2D eigenvalue weighted by Gasteiger charge is -2.43. The minimum absolute atomic E-state index is 0.00426. The molecule has 1 N–H and O–H groups in total. The van der Waals surface area contributed by atoms with Crippen molar-refractivity contribution in [2.75, 3.05) is 34.2 Å². The van der Waals surface area contributed by atoms with Gasteiger partial charge in [-0.15, -0.1) is 0 Å². The van der Waals surface area contributed by atoms with Gasteiger partial charge in [-0.05, 0) is 39.9 Å². The molecule has 8 heteroatoms. The average Bonchev–Trinajstić information content (AvgIpc) is 3.07. The van der Waals surface area contributed by atoms with Gasteiger partial charge in [0, 0.05) is 37.4 Å². The fourth-order valence-corrected chi connectivity index (χ4v) is 12.9. The Labute approximate surface area is 299 Å². The molecular formula is C41H68O7Si. The van der Waals surface area contributed by atoms with Gasteiger partial charge < -0.3 is 33.2 Å². The molecule has 0 spiro atoms. The number of aliphatic hydroxyl groups is 1. The van der Waals surface area contributed by atoms with E-state index in [2.05, 4.69) is 87.4 Å². The van der Waals surface area contributed by atoms with Crippen molar-refractivity contribution in [1.82, 2.24) is 0 Å². The van der Waals surface area contributed by atoms with Gasteiger partial charge in [0.2, 0.25) is 0 Å². The van der Waals surface area contributed by atoms with E-state index in [9.17, 15) is 5.11 Å². The van der Waals surface area contributed by atoms with Crippen LogP contribution in [0.2, 0.25) is 16.6 Å². The van der Waals surface area contributed by atoms with Gasteiger partial charge >= 0.3 is 0 Å². The van der Waals surface area contributed by atoms with Crippen LogP contribution in [-0.2, 0) is 36.6 Å². The zero-order valence-corrected chi connectivity index (χ0v) is 33.6. The van der Waals surface area contributed by atoms with Crippen molar-refractivity contribution in [2.24, 2.45) is 23.7 Å². The summed E-state index contributed by atoms with van der Waals surface area (Å²) in [5.41, 5.74) is 3.67. The number of hydrogen-bond donors (Lipinski definition) is 1. The van der Waals surface area contributed by atoms with Crippen LogP contribution in [0.5, 0.6) is 5.75 Å². The molecule has 2 aromatic carbocycles. The third kappa shape index (κ3) is 13.2. The fraction of sp³-hybridized carbons (Fsp3) is 0.659. The van der Waals surface area contributed by atoms with Crippen molar-refractivity contribution in [3.8, 4) is 5.75 Å². The first-order chi connectivity index (χ1) is 23.3. The predicted octanol–water partition coefficient (Wildman–Crippen LogP) is 9.44. The molecule has 0 saturated heterocycles. The first-order valence-corrected chi connectivity index (χ1v) is 20.4. The number of rotatable bonds is 24. The third-order valence-corrected chi connectivity index (χ3v) is 16.2. The maximum Gasteiger partial charge on any atom is 0.200 e. The number of ether oxygens (including phenoxy) is 5. The Kier molecular flexibility index (Phi) is 19.4. The van der Waals surface area contributed by atoms with E-state index in [1.807, 2.05) is 48.5 Å². The third-order valence-electron chi connectivity index (χ3n) is 10.1. The molecule has 49 heavy (non-hydrogen) atoms. The Bertz CT molecular complexity index is 1150. The summed E-state index contributed by atoms with van der Waals surface area (Å²) in [4.78, 5) is 0. The zero-order chi connectivity index (χ0) is 36.6. The molecule has 0 fully saturated rings. The second kappa shape index (κ2) is 22.0. The van der Waals surface area contributed by atoms with E-state index in [1.54, 1.807) is 14.2 Å². The number of benzene rings is 2. The molecule has 0 aromatic heterocycles. The van der Waals surface area contributed by atoms with Crippen molar-refractivity contribution < 1.29 is 33.2 Å². The summed E-state index contributed by atoms with van der Waals surface area (Å²) >= 11 is 0. The van der Waals surface area contributed by atoms with Gasteiger partial charge in [0.1, 0.15) is 12.5 Å². The van der Waals surface area contributed by atoms with Crippen LogP contribution >= 0.6 is 0 Å². The molecular weight excluding hydrogens is 633 g/mol. The number of aliphatic hydroxyl groups excluding tert-OH is 1. The maximum atomic E-state index is 11.3. The lowest BCUT2D eigenvalue weighted by atomic mass is 9.83. The highest BCUT2D eigenvalue weighted by molar-refractivity contribution is 6.77. The van der Waals surface area contributed by atoms with Crippen molar-refractivity contribution in [3.63, 3.8) is 0 Å². The monoisotopic (exact) mass is 700 g/mol. The van der Waals surface area contributed by atoms with Gasteiger partial charge in [-0.3, -0.25) is 0 Å². The molecule has 7 atom stereocenters. The quantitative estimate of drug-likeness (QED) is 0.0506. The van der Waals surface area contributed by atoms with Crippen molar-refractivity contribution >= 4 is 8.32 Å². The van der Waals surface area contributed by atoms with E-state index in [0.717, 1.165) is 16.9 Å². The van der Waals surface area contributed by atoms with Crippen molar-refractivity contribution in [3.05, 3.63) is 77.9 Å². The summed E-state index contributed by atoms with van der Waals surface area (Å²) in [6.45, 7) is 24.6. The Hall–Kier alpha value is -2.04. The number of hydrogen-bond acceptors (Lipinski definition) is 7. The molecule has 0 bridgehead atoms. The van der Waals surface area contributed by atoms with Crippen LogP contribution in [0.4, 0.5) is 0 Å². The van der Waals surface area contributed by atoms with Crippen LogP contribution in [0, 0.1) is 23.7 Å². The van der Waals surface area contributed by atoms with E-state index < -0.39 is 14.4 Å². The molecule has 0 radical (unpaired) electrons. The van der Waals surface area contributed by atoms with Gasteiger partial charge in [-0.25, -0.2) is 0 Å². The molecule has 0 saturated carbocycles. The maximum absolute atomic E-state index is 11.3. The second-order valence-corrected chi connectivity index (χ2v) is 20.3. The molecule has 0 amide bonds. The minimum atomic E-state index is -2.03. The van der Waals surface area contributed by atoms with Crippen LogP contribution in [0.15, 0.2) is 66.7 Å². The van der Waals surface area contributed by atoms with Crippen LogP contribution in [-0.4, -0.2) is 66.0 Å². The zero-order valence-electron chi connectivity index (χ0n) is 32.6. The topological polar surface area (TPSA) is 75.6 Å². The standard InChI is InChI=1S/C41H68O7Si/c1-29(2)49(30(3)4,31(5)6)48-25-33(8)39(42)23-18-32(7)40(46-27-37-19-21-38(44-12)22-20-37)35(10)41(34(9)24-45-28-43-11)47-26-36-16-14-13-15-17-36/h13-23,29-35,39-42H,24-28H2,1-12H3/b23-18+/t32-,33+,34-,35+,39+,40-,41-/m0/s1. The average molecular weight is 701 g/mol. The summed E-state index contributed by atoms with van der Waals surface area (Å²) in [7, 11) is 1.27. The van der Waals surface area contributed by atoms with E-state index in [-0.39, 0.29) is 42.7 Å². The van der Waals surface area contributed by atoms with Gasteiger partial charge in [-0.1, -0.05) is 124 Å². The summed E-state index contributed by atoms with van der Waals surface area (Å²) in [6.07, 6.45) is 3.04. The van der Waals surface area contributed by atoms with Crippen LogP contribution in [0.1, 0.15) is 80.4 Å². The van der Waals surface area contributed by atoms with Crippen molar-refractivity contribution in [2.45, 2.75) is 117 Å². The van der Waals surface area contributed by atoms with Gasteiger partial charge in [0.25, 0.3) is 0 Å². The summed E-state index contributed by atoms with van der Waals surface area (Å²) in [6, 6.07) is 18.2. The van der Waals surface area contributed by atoms with Crippen LogP contribution in [0.3, 0.4) is 0 Å². The second-order valence-electron chi connectivity index (χ2n) is 14.8. The summed E-state index contributed by atoms with van der Waals surface area (Å²) < 4.78 is 36.6. The highest BCUT2D eigenvalue weighted by atomic mass is 28.4. The minimum Gasteiger partial charge on any atom is -0.497 e. The van der Waals surface area contributed by atoms with Gasteiger partial charge in [-0.2, -0.15) is 0 Å². The number of methoxy groups -OCH3 is 2. The van der Waals surface area contributed by atoms with Crippen LogP contribution in [0.25, 0.3) is 0 Å². The first kappa shape index (κ1) is 43.1. The van der Waals surface area contributed by atoms with Gasteiger partial charge in [0.05, 0.1) is 45.2 Å². The SMILES string of the molecule is COCOC[C@H](C)[C@H](OCc1ccccc1)[C@H](C)[C@@H](OCc1ccc(OC)cc1)[C@@H](C)/C=C/[C@@H](O)[C@H](C)CO[Si](C(C)C)(C(C)C)C(C)C. The lowest BCUT2D eigenvalue weighted by molar-refractivity contribution is -0.120. The van der Waals surface area contributed by atoms with E-state index in [4.69, 9.17) is 28.1 Å². The van der Waals surface area contributed by atoms with E-state index in [0.29, 0.717) is 43.1 Å². The Morgan fingerprint density at radius 3 is 1.73 bits per heavy atom. The van der Waals surface area contributed by atoms with Gasteiger partial charge in [0.15, 0.2) is 8.32 Å². The molecule has 0 aliphatic carbocycles. The van der Waals surface area contributed by atoms with Crippen molar-refractivity contribution in [1.29, 1.82) is 0 Å². The Balaban J connectivity index is 2.31. The molecule has 7 nitrogen and oxygen atoms in total. The van der Waals surface area contributed by atoms with E-state index in [1.165, 1.54) is 0 Å². The molecule has 0 heterocycles. The Morgan fingerprint density at radius 2 is 1.20 bits per heavy atom. The molecule has 0 aliphatic heterocycles. The smallest absolute Gasteiger partial charge is 0.200 e. The highest BCUT2D eigenvalue weighted by Crippen LogP contribution is 2.42. The molecule has 0 unspecified atom stereocenters. The lowest BCUT2D eigenvalue weighted by Crippen LogP contribution is -2.49. The fourth-order valence-electron chi connectivity index (χ4n) is 7.36. The molecule has 2 aromatic rings. The Morgan fingerprint density at radius 1 is 0.653 bits per heavy atom. The molecule has 278 valence electrons. The molecule has 2 rings (SSSR count). The van der Waals surface area contributed by atoms with E-state index >= 15 is 0 Å². The predicted molar refractivity (Wildman–Crippen MR) is 203 cm³/mol.